The molecule has 0 fully saturated rings. The summed E-state index contributed by atoms with van der Waals surface area (Å²) in [6.07, 6.45) is 2.94. The summed E-state index contributed by atoms with van der Waals surface area (Å²) in [6.45, 7) is 6.47. The fraction of sp³-hybridized carbons (Fsp3) is 0.583. The molecule has 0 bridgehead atoms. The third kappa shape index (κ3) is 3.88. The number of rotatable bonds is 5. The van der Waals surface area contributed by atoms with Gasteiger partial charge in [-0.2, -0.15) is 0 Å². The Morgan fingerprint density at radius 1 is 1.53 bits per heavy atom. The van der Waals surface area contributed by atoms with Gasteiger partial charge < -0.3 is 10.6 Å². The molecule has 0 amide bonds. The van der Waals surface area contributed by atoms with Gasteiger partial charge in [0.2, 0.25) is 0 Å². The normalized spacial score (nSPS) is 13.1. The summed E-state index contributed by atoms with van der Waals surface area (Å²) in [5.74, 6) is 1.38. The smallest absolute Gasteiger partial charge is 0.127 e. The van der Waals surface area contributed by atoms with Gasteiger partial charge in [0.1, 0.15) is 5.82 Å². The van der Waals surface area contributed by atoms with Crippen molar-refractivity contribution >= 4 is 5.82 Å². The van der Waals surface area contributed by atoms with Crippen LogP contribution in [0.2, 0.25) is 0 Å². The van der Waals surface area contributed by atoms with Crippen molar-refractivity contribution in [1.82, 2.24) is 9.88 Å². The Bertz CT molecular complexity index is 299. The molecule has 0 aromatic carbocycles. The molecule has 0 aliphatic rings. The maximum absolute atomic E-state index is 5.79. The lowest BCUT2D eigenvalue weighted by atomic mass is 10.1. The highest BCUT2D eigenvalue weighted by Gasteiger charge is 2.07. The van der Waals surface area contributed by atoms with E-state index in [2.05, 4.69) is 30.8 Å². The molecule has 84 valence electrons. The number of anilines is 1. The van der Waals surface area contributed by atoms with Gasteiger partial charge in [0.25, 0.3) is 0 Å². The molecule has 1 heterocycles. The number of nitrogen functional groups attached to an aromatic ring is 1. The summed E-state index contributed by atoms with van der Waals surface area (Å²) in [7, 11) is 2.12. The summed E-state index contributed by atoms with van der Waals surface area (Å²) in [5, 5.41) is 0. The molecule has 3 heteroatoms. The quantitative estimate of drug-likeness (QED) is 0.804. The third-order valence-electron chi connectivity index (χ3n) is 2.69. The first-order valence-corrected chi connectivity index (χ1v) is 5.51. The predicted molar refractivity (Wildman–Crippen MR) is 64.4 cm³/mol. The highest BCUT2D eigenvalue weighted by atomic mass is 15.1. The fourth-order valence-corrected chi connectivity index (χ4v) is 1.60. The first-order valence-electron chi connectivity index (χ1n) is 5.51. The summed E-state index contributed by atoms with van der Waals surface area (Å²) in [5.41, 5.74) is 6.91. The topological polar surface area (TPSA) is 42.2 Å². The number of hydrogen-bond acceptors (Lipinski definition) is 3. The fourth-order valence-electron chi connectivity index (χ4n) is 1.60. The van der Waals surface area contributed by atoms with Gasteiger partial charge in [-0.1, -0.05) is 26.3 Å². The first-order chi connectivity index (χ1) is 7.13. The van der Waals surface area contributed by atoms with E-state index >= 15 is 0 Å². The zero-order valence-corrected chi connectivity index (χ0v) is 9.90. The molecule has 15 heavy (non-hydrogen) atoms. The number of nitrogens with zero attached hydrogens (tertiary/aromatic N) is 2. The van der Waals surface area contributed by atoms with E-state index in [0.29, 0.717) is 5.82 Å². The lowest BCUT2D eigenvalue weighted by Crippen LogP contribution is -2.24. The highest BCUT2D eigenvalue weighted by molar-refractivity contribution is 5.38. The van der Waals surface area contributed by atoms with Crippen molar-refractivity contribution in [2.45, 2.75) is 26.8 Å². The van der Waals surface area contributed by atoms with Crippen molar-refractivity contribution < 1.29 is 0 Å². The van der Waals surface area contributed by atoms with E-state index in [9.17, 15) is 0 Å². The van der Waals surface area contributed by atoms with Gasteiger partial charge in [-0.25, -0.2) is 4.98 Å². The molecular formula is C12H21N3. The number of nitrogens with two attached hydrogens (primary N) is 1. The van der Waals surface area contributed by atoms with E-state index in [0.717, 1.165) is 24.6 Å². The van der Waals surface area contributed by atoms with Crippen molar-refractivity contribution in [2.75, 3.05) is 19.3 Å². The Labute approximate surface area is 92.3 Å². The predicted octanol–water partition coefficient (Wildman–Crippen LogP) is 2.14. The molecule has 0 aliphatic heterocycles. The Balaban J connectivity index is 2.51. The van der Waals surface area contributed by atoms with Gasteiger partial charge in [0, 0.05) is 24.8 Å². The van der Waals surface area contributed by atoms with Crippen LogP contribution < -0.4 is 5.73 Å². The number of aromatic nitrogens is 1. The van der Waals surface area contributed by atoms with Crippen LogP contribution in [-0.4, -0.2) is 23.5 Å². The van der Waals surface area contributed by atoms with Crippen molar-refractivity contribution in [2.24, 2.45) is 5.92 Å². The SMILES string of the molecule is CCC(C)CN(C)Cc1cccnc1N. The monoisotopic (exact) mass is 207 g/mol. The van der Waals surface area contributed by atoms with Crippen LogP contribution in [0.1, 0.15) is 25.8 Å². The van der Waals surface area contributed by atoms with Gasteiger partial charge in [0.15, 0.2) is 0 Å². The second-order valence-corrected chi connectivity index (χ2v) is 4.26. The first kappa shape index (κ1) is 12.0. The number of hydrogen-bond donors (Lipinski definition) is 1. The minimum atomic E-state index is 0.647. The van der Waals surface area contributed by atoms with Crippen molar-refractivity contribution in [3.8, 4) is 0 Å². The molecule has 3 nitrogen and oxygen atoms in total. The van der Waals surface area contributed by atoms with E-state index < -0.39 is 0 Å². The molecule has 1 aromatic rings. The molecule has 1 atom stereocenters. The van der Waals surface area contributed by atoms with Crippen LogP contribution in [0.5, 0.6) is 0 Å². The summed E-state index contributed by atoms with van der Waals surface area (Å²) >= 11 is 0. The molecular weight excluding hydrogens is 186 g/mol. The van der Waals surface area contributed by atoms with Crippen LogP contribution in [0.25, 0.3) is 0 Å². The lowest BCUT2D eigenvalue weighted by molar-refractivity contribution is 0.275. The lowest BCUT2D eigenvalue weighted by Gasteiger charge is -2.20. The Hall–Kier alpha value is -1.09. The van der Waals surface area contributed by atoms with Crippen LogP contribution in [0.4, 0.5) is 5.82 Å². The molecule has 0 saturated heterocycles. The maximum Gasteiger partial charge on any atom is 0.127 e. The van der Waals surface area contributed by atoms with E-state index in [4.69, 9.17) is 5.73 Å². The van der Waals surface area contributed by atoms with E-state index in [-0.39, 0.29) is 0 Å². The van der Waals surface area contributed by atoms with Gasteiger partial charge >= 0.3 is 0 Å². The summed E-state index contributed by atoms with van der Waals surface area (Å²) < 4.78 is 0. The molecule has 0 spiro atoms. The van der Waals surface area contributed by atoms with Crippen LogP contribution in [0.3, 0.4) is 0 Å². The van der Waals surface area contributed by atoms with Crippen LogP contribution in [0, 0.1) is 5.92 Å². The second-order valence-electron chi connectivity index (χ2n) is 4.26. The Morgan fingerprint density at radius 2 is 2.27 bits per heavy atom. The molecule has 1 rings (SSSR count). The average Bonchev–Trinajstić information content (AvgIpc) is 2.21. The van der Waals surface area contributed by atoms with Crippen LogP contribution in [0.15, 0.2) is 18.3 Å². The van der Waals surface area contributed by atoms with Crippen molar-refractivity contribution in [1.29, 1.82) is 0 Å². The zero-order valence-electron chi connectivity index (χ0n) is 9.90. The standard InChI is InChI=1S/C12H21N3/c1-4-10(2)8-15(3)9-11-6-5-7-14-12(11)13/h5-7,10H,4,8-9H2,1-3H3,(H2,13,14). The maximum atomic E-state index is 5.79. The van der Waals surface area contributed by atoms with E-state index in [1.54, 1.807) is 6.20 Å². The van der Waals surface area contributed by atoms with E-state index in [1.807, 2.05) is 12.1 Å². The van der Waals surface area contributed by atoms with Crippen LogP contribution in [-0.2, 0) is 6.54 Å². The van der Waals surface area contributed by atoms with Gasteiger partial charge in [-0.15, -0.1) is 0 Å². The van der Waals surface area contributed by atoms with Gasteiger partial charge in [0.05, 0.1) is 0 Å². The van der Waals surface area contributed by atoms with Gasteiger partial charge in [-0.05, 0) is 19.0 Å². The largest absolute Gasteiger partial charge is 0.383 e. The Morgan fingerprint density at radius 3 is 2.87 bits per heavy atom. The molecule has 0 saturated carbocycles. The minimum Gasteiger partial charge on any atom is -0.383 e. The molecule has 0 aliphatic carbocycles. The van der Waals surface area contributed by atoms with Gasteiger partial charge in [-0.3, -0.25) is 0 Å². The van der Waals surface area contributed by atoms with E-state index in [1.165, 1.54) is 6.42 Å². The van der Waals surface area contributed by atoms with Crippen molar-refractivity contribution in [3.63, 3.8) is 0 Å². The average molecular weight is 207 g/mol. The minimum absolute atomic E-state index is 0.647. The molecule has 1 unspecified atom stereocenters. The second kappa shape index (κ2) is 5.71. The molecule has 2 N–H and O–H groups in total. The van der Waals surface area contributed by atoms with Crippen molar-refractivity contribution in [3.05, 3.63) is 23.9 Å². The summed E-state index contributed by atoms with van der Waals surface area (Å²) in [4.78, 5) is 6.38. The Kier molecular flexibility index (Phi) is 4.56. The highest BCUT2D eigenvalue weighted by Crippen LogP contribution is 2.11. The number of pyridine rings is 1. The molecule has 0 radical (unpaired) electrons. The summed E-state index contributed by atoms with van der Waals surface area (Å²) in [6, 6.07) is 3.97. The molecule has 1 aromatic heterocycles. The van der Waals surface area contributed by atoms with Crippen LogP contribution >= 0.6 is 0 Å². The third-order valence-corrected chi connectivity index (χ3v) is 2.69. The zero-order chi connectivity index (χ0) is 11.3.